The van der Waals surface area contributed by atoms with Crippen molar-refractivity contribution in [3.8, 4) is 11.5 Å². The molecule has 0 saturated heterocycles. The molecule has 138 valence electrons. The number of rotatable bonds is 6. The molecule has 0 radical (unpaired) electrons. The molecule has 8 heteroatoms. The number of carbonyl (C=O) groups excluding carboxylic acids is 2. The first-order chi connectivity index (χ1) is 12.3. The number of hydrogen-bond donors (Lipinski definition) is 1. The predicted molar refractivity (Wildman–Crippen MR) is 99.5 cm³/mol. The van der Waals surface area contributed by atoms with Crippen LogP contribution in [0.4, 0.5) is 5.69 Å². The highest BCUT2D eigenvalue weighted by Gasteiger charge is 2.19. The third kappa shape index (κ3) is 4.80. The Morgan fingerprint density at radius 2 is 1.77 bits per heavy atom. The van der Waals surface area contributed by atoms with Gasteiger partial charge in [0.2, 0.25) is 0 Å². The third-order valence-corrected chi connectivity index (χ3v) is 4.01. The predicted octanol–water partition coefficient (Wildman–Crippen LogP) is 4.19. The second kappa shape index (κ2) is 8.78. The van der Waals surface area contributed by atoms with E-state index < -0.39 is 18.0 Å². The van der Waals surface area contributed by atoms with Crippen LogP contribution in [0.2, 0.25) is 10.0 Å². The van der Waals surface area contributed by atoms with Crippen molar-refractivity contribution in [3.05, 3.63) is 52.0 Å². The quantitative estimate of drug-likeness (QED) is 0.739. The fourth-order valence-electron chi connectivity index (χ4n) is 2.08. The summed E-state index contributed by atoms with van der Waals surface area (Å²) in [6.07, 6.45) is -0.858. The number of ether oxygens (including phenoxy) is 3. The van der Waals surface area contributed by atoms with Gasteiger partial charge in [-0.2, -0.15) is 0 Å². The van der Waals surface area contributed by atoms with E-state index in [-0.39, 0.29) is 0 Å². The number of amides is 1. The number of nitrogens with one attached hydrogen (secondary N) is 1. The van der Waals surface area contributed by atoms with E-state index in [0.717, 1.165) is 0 Å². The van der Waals surface area contributed by atoms with Crippen LogP contribution in [0.1, 0.15) is 17.3 Å². The topological polar surface area (TPSA) is 73.9 Å². The van der Waals surface area contributed by atoms with Gasteiger partial charge in [-0.1, -0.05) is 23.2 Å². The van der Waals surface area contributed by atoms with Gasteiger partial charge < -0.3 is 19.5 Å². The van der Waals surface area contributed by atoms with Crippen LogP contribution in [0, 0.1) is 0 Å². The number of esters is 1. The van der Waals surface area contributed by atoms with Gasteiger partial charge in [-0.05, 0) is 43.3 Å². The molecule has 0 unspecified atom stereocenters. The van der Waals surface area contributed by atoms with E-state index in [9.17, 15) is 9.59 Å². The van der Waals surface area contributed by atoms with E-state index in [0.29, 0.717) is 32.8 Å². The van der Waals surface area contributed by atoms with Gasteiger partial charge in [0, 0.05) is 5.02 Å². The third-order valence-electron chi connectivity index (χ3n) is 3.44. The van der Waals surface area contributed by atoms with E-state index in [1.807, 2.05) is 0 Å². The molecule has 26 heavy (non-hydrogen) atoms. The Hall–Kier alpha value is -2.44. The van der Waals surface area contributed by atoms with E-state index in [1.54, 1.807) is 25.1 Å². The van der Waals surface area contributed by atoms with Crippen molar-refractivity contribution < 1.29 is 23.8 Å². The number of benzene rings is 2. The lowest BCUT2D eigenvalue weighted by Crippen LogP contribution is -2.30. The van der Waals surface area contributed by atoms with Gasteiger partial charge in [0.05, 0.1) is 30.5 Å². The maximum Gasteiger partial charge on any atom is 0.337 e. The number of carbonyl (C=O) groups is 2. The molecule has 0 fully saturated rings. The van der Waals surface area contributed by atoms with Crippen molar-refractivity contribution in [2.75, 3.05) is 19.5 Å². The molecule has 2 aromatic rings. The highest BCUT2D eigenvalue weighted by Crippen LogP contribution is 2.30. The minimum Gasteiger partial charge on any atom is -0.493 e. The maximum absolute atomic E-state index is 12.3. The first-order valence-corrected chi connectivity index (χ1v) is 8.30. The molecule has 6 nitrogen and oxygen atoms in total. The lowest BCUT2D eigenvalue weighted by Gasteiger charge is -2.17. The van der Waals surface area contributed by atoms with Crippen LogP contribution >= 0.6 is 23.2 Å². The largest absolute Gasteiger partial charge is 0.493 e. The molecule has 0 aliphatic heterocycles. The Balaban J connectivity index is 2.13. The van der Waals surface area contributed by atoms with Gasteiger partial charge >= 0.3 is 5.97 Å². The van der Waals surface area contributed by atoms with Gasteiger partial charge in [-0.3, -0.25) is 4.79 Å². The molecular formula is C18H17Cl2NO5. The summed E-state index contributed by atoms with van der Waals surface area (Å²) in [5.41, 5.74) is 0.687. The van der Waals surface area contributed by atoms with Crippen LogP contribution < -0.4 is 14.8 Å². The number of halogens is 2. The van der Waals surface area contributed by atoms with E-state index >= 15 is 0 Å². The first kappa shape index (κ1) is 19.9. The normalized spacial score (nSPS) is 11.4. The Kier molecular flexibility index (Phi) is 6.71. The first-order valence-electron chi connectivity index (χ1n) is 7.54. The lowest BCUT2D eigenvalue weighted by molar-refractivity contribution is -0.122. The summed E-state index contributed by atoms with van der Waals surface area (Å²) in [5, 5.41) is 3.45. The van der Waals surface area contributed by atoms with Crippen molar-refractivity contribution in [1.82, 2.24) is 0 Å². The zero-order chi connectivity index (χ0) is 19.3. The lowest BCUT2D eigenvalue weighted by atomic mass is 10.2. The van der Waals surface area contributed by atoms with E-state index in [1.165, 1.54) is 32.4 Å². The fraction of sp³-hybridized carbons (Fsp3) is 0.222. The Morgan fingerprint density at radius 1 is 1.04 bits per heavy atom. The zero-order valence-corrected chi connectivity index (χ0v) is 15.9. The zero-order valence-electron chi connectivity index (χ0n) is 14.3. The molecule has 0 heterocycles. The highest BCUT2D eigenvalue weighted by atomic mass is 35.5. The number of methoxy groups -OCH3 is 2. The van der Waals surface area contributed by atoms with Gasteiger partial charge in [0.1, 0.15) is 0 Å². The number of hydrogen-bond acceptors (Lipinski definition) is 5. The molecule has 2 rings (SSSR count). The summed E-state index contributed by atoms with van der Waals surface area (Å²) in [6.45, 7) is 1.57. The molecule has 1 amide bonds. The van der Waals surface area contributed by atoms with Crippen molar-refractivity contribution in [3.63, 3.8) is 0 Å². The molecule has 0 aliphatic rings. The molecule has 0 aromatic heterocycles. The van der Waals surface area contributed by atoms with Crippen molar-refractivity contribution in [2.45, 2.75) is 13.0 Å². The second-order valence-corrected chi connectivity index (χ2v) is 6.07. The maximum atomic E-state index is 12.3. The molecule has 0 spiro atoms. The average Bonchev–Trinajstić information content (AvgIpc) is 2.64. The summed E-state index contributed by atoms with van der Waals surface area (Å²) in [4.78, 5) is 23.9. The standard InChI is InChI=1S/C18H17Cl2NO5/c1-10(17(22)21-14-9-12(19)5-6-13(14)20)26-15-7-4-11(18(23)25-3)8-16(15)24-2/h4-10H,1-3H3,(H,21,22)/t10-/m1/s1. The smallest absolute Gasteiger partial charge is 0.337 e. The van der Waals surface area contributed by atoms with Crippen molar-refractivity contribution in [1.29, 1.82) is 0 Å². The molecule has 1 atom stereocenters. The van der Waals surface area contributed by atoms with Crippen LogP contribution in [0.3, 0.4) is 0 Å². The molecule has 2 aromatic carbocycles. The summed E-state index contributed by atoms with van der Waals surface area (Å²) >= 11 is 11.9. The van der Waals surface area contributed by atoms with Gasteiger partial charge in [-0.15, -0.1) is 0 Å². The molecule has 0 saturated carbocycles. The van der Waals surface area contributed by atoms with Crippen LogP contribution in [0.25, 0.3) is 0 Å². The summed E-state index contributed by atoms with van der Waals surface area (Å²) in [6, 6.07) is 9.26. The summed E-state index contributed by atoms with van der Waals surface area (Å²) in [7, 11) is 2.71. The molecular weight excluding hydrogens is 381 g/mol. The average molecular weight is 398 g/mol. The second-order valence-electron chi connectivity index (χ2n) is 5.23. The SMILES string of the molecule is COC(=O)c1ccc(O[C@H](C)C(=O)Nc2cc(Cl)ccc2Cl)c(OC)c1. The Labute approximate surface area is 160 Å². The van der Waals surface area contributed by atoms with Gasteiger partial charge in [-0.25, -0.2) is 4.79 Å². The molecule has 0 bridgehead atoms. The van der Waals surface area contributed by atoms with E-state index in [4.69, 9.17) is 32.7 Å². The van der Waals surface area contributed by atoms with Crippen molar-refractivity contribution >= 4 is 40.8 Å². The summed E-state index contributed by atoms with van der Waals surface area (Å²) < 4.78 is 15.5. The molecule has 1 N–H and O–H groups in total. The highest BCUT2D eigenvalue weighted by molar-refractivity contribution is 6.35. The monoisotopic (exact) mass is 397 g/mol. The minimum atomic E-state index is -0.858. The fourth-order valence-corrected chi connectivity index (χ4v) is 2.42. The van der Waals surface area contributed by atoms with Crippen LogP contribution in [-0.4, -0.2) is 32.2 Å². The van der Waals surface area contributed by atoms with E-state index in [2.05, 4.69) is 10.1 Å². The van der Waals surface area contributed by atoms with Crippen LogP contribution in [0.15, 0.2) is 36.4 Å². The van der Waals surface area contributed by atoms with Gasteiger partial charge in [0.25, 0.3) is 5.91 Å². The Morgan fingerprint density at radius 3 is 2.42 bits per heavy atom. The van der Waals surface area contributed by atoms with Crippen LogP contribution in [0.5, 0.6) is 11.5 Å². The Bertz CT molecular complexity index is 825. The number of anilines is 1. The van der Waals surface area contributed by atoms with Crippen LogP contribution in [-0.2, 0) is 9.53 Å². The van der Waals surface area contributed by atoms with Gasteiger partial charge in [0.15, 0.2) is 17.6 Å². The summed E-state index contributed by atoms with van der Waals surface area (Å²) in [5.74, 6) is -0.321. The minimum absolute atomic E-state index is 0.299. The van der Waals surface area contributed by atoms with Crippen molar-refractivity contribution in [2.24, 2.45) is 0 Å². The molecule has 0 aliphatic carbocycles.